The highest BCUT2D eigenvalue weighted by Crippen LogP contribution is 2.72. The summed E-state index contributed by atoms with van der Waals surface area (Å²) in [5, 5.41) is 21.0. The first-order valence-electron chi connectivity index (χ1n) is 9.33. The lowest BCUT2D eigenvalue weighted by Gasteiger charge is -2.64. The van der Waals surface area contributed by atoms with Crippen LogP contribution in [-0.2, 0) is 4.79 Å². The molecule has 4 fully saturated rings. The Morgan fingerprint density at radius 3 is 2.65 bits per heavy atom. The number of aliphatic hydroxyl groups excluding tert-OH is 1. The summed E-state index contributed by atoms with van der Waals surface area (Å²) >= 11 is 0. The fraction of sp³-hybridized carbons (Fsp3) is 0.850. The highest BCUT2D eigenvalue weighted by atomic mass is 16.4. The minimum Gasteiger partial charge on any atom is -0.481 e. The standard InChI is InChI=1S/C20H30O3/c1-12-10-20-11-13(12)5-6-14(20)18(2)7-4-8-19(3,17(22)23)15(18)9-16(20)21/h13-16,21H,1,4-11H2,2-3H3,(H,22,23). The highest BCUT2D eigenvalue weighted by molar-refractivity contribution is 5.75. The molecule has 0 radical (unpaired) electrons. The molecule has 2 N–H and O–H groups in total. The molecule has 0 aromatic heterocycles. The van der Waals surface area contributed by atoms with E-state index in [-0.39, 0.29) is 22.9 Å². The third kappa shape index (κ3) is 1.78. The summed E-state index contributed by atoms with van der Waals surface area (Å²) in [6, 6.07) is 0. The monoisotopic (exact) mass is 318 g/mol. The summed E-state index contributed by atoms with van der Waals surface area (Å²) in [5.74, 6) is 0.479. The van der Waals surface area contributed by atoms with E-state index in [1.807, 2.05) is 6.92 Å². The SMILES string of the molecule is C=C1CC23CC1CCC2C1(C)CCCC(C)(C(=O)O)C1CC3O. The molecule has 0 aliphatic heterocycles. The molecular weight excluding hydrogens is 288 g/mol. The summed E-state index contributed by atoms with van der Waals surface area (Å²) in [6.45, 7) is 8.57. The van der Waals surface area contributed by atoms with Gasteiger partial charge in [0, 0.05) is 5.41 Å². The van der Waals surface area contributed by atoms with E-state index in [9.17, 15) is 15.0 Å². The molecule has 4 rings (SSSR count). The van der Waals surface area contributed by atoms with E-state index in [2.05, 4.69) is 13.5 Å². The molecular formula is C20H30O3. The van der Waals surface area contributed by atoms with E-state index in [0.29, 0.717) is 18.3 Å². The topological polar surface area (TPSA) is 57.5 Å². The maximum atomic E-state index is 12.1. The maximum Gasteiger partial charge on any atom is 0.309 e. The van der Waals surface area contributed by atoms with E-state index in [0.717, 1.165) is 38.5 Å². The molecule has 128 valence electrons. The minimum atomic E-state index is -0.679. The van der Waals surface area contributed by atoms with Crippen LogP contribution in [-0.4, -0.2) is 22.3 Å². The number of carbonyl (C=O) groups is 1. The van der Waals surface area contributed by atoms with Crippen LogP contribution in [0.4, 0.5) is 0 Å². The molecule has 4 aliphatic rings. The molecule has 7 unspecified atom stereocenters. The number of hydrogen-bond acceptors (Lipinski definition) is 2. The van der Waals surface area contributed by atoms with Crippen molar-refractivity contribution in [2.45, 2.75) is 71.3 Å². The average Bonchev–Trinajstić information content (AvgIpc) is 2.73. The van der Waals surface area contributed by atoms with Gasteiger partial charge in [0.15, 0.2) is 0 Å². The fourth-order valence-electron chi connectivity index (χ4n) is 7.51. The zero-order valence-corrected chi connectivity index (χ0v) is 14.5. The van der Waals surface area contributed by atoms with Crippen LogP contribution < -0.4 is 0 Å². The quantitative estimate of drug-likeness (QED) is 0.718. The van der Waals surface area contributed by atoms with E-state index < -0.39 is 11.4 Å². The summed E-state index contributed by atoms with van der Waals surface area (Å²) in [5.41, 5.74) is 0.704. The molecule has 0 aromatic carbocycles. The number of hydrogen-bond donors (Lipinski definition) is 2. The number of rotatable bonds is 1. The third-order valence-electron chi connectivity index (χ3n) is 8.64. The van der Waals surface area contributed by atoms with Gasteiger partial charge in [-0.15, -0.1) is 0 Å². The lowest BCUT2D eigenvalue weighted by atomic mass is 9.40. The van der Waals surface area contributed by atoms with Crippen LogP contribution in [0.1, 0.15) is 65.2 Å². The molecule has 4 aliphatic carbocycles. The predicted octanol–water partition coefficient (Wildman–Crippen LogP) is 4.01. The van der Waals surface area contributed by atoms with Crippen LogP contribution in [0.3, 0.4) is 0 Å². The number of aliphatic carboxylic acids is 1. The Bertz CT molecular complexity index is 569. The molecule has 0 amide bonds. The Balaban J connectivity index is 1.80. The second-order valence-electron chi connectivity index (χ2n) is 9.49. The summed E-state index contributed by atoms with van der Waals surface area (Å²) in [7, 11) is 0. The Hall–Kier alpha value is -0.830. The Labute approximate surface area is 139 Å². The first-order chi connectivity index (χ1) is 10.7. The van der Waals surface area contributed by atoms with Crippen LogP contribution in [0, 0.1) is 34.0 Å². The molecule has 4 saturated carbocycles. The van der Waals surface area contributed by atoms with Crippen LogP contribution in [0.5, 0.6) is 0 Å². The Kier molecular flexibility index (Phi) is 3.15. The number of fused-ring (bicyclic) bond motifs is 3. The van der Waals surface area contributed by atoms with Crippen LogP contribution >= 0.6 is 0 Å². The van der Waals surface area contributed by atoms with Crippen molar-refractivity contribution in [3.8, 4) is 0 Å². The Morgan fingerprint density at radius 1 is 1.22 bits per heavy atom. The smallest absolute Gasteiger partial charge is 0.309 e. The van der Waals surface area contributed by atoms with Crippen molar-refractivity contribution in [2.24, 2.45) is 34.0 Å². The van der Waals surface area contributed by atoms with Crippen molar-refractivity contribution in [3.05, 3.63) is 12.2 Å². The van der Waals surface area contributed by atoms with Crippen molar-refractivity contribution in [1.82, 2.24) is 0 Å². The van der Waals surface area contributed by atoms with Gasteiger partial charge in [0.1, 0.15) is 0 Å². The fourth-order valence-corrected chi connectivity index (χ4v) is 7.51. The second kappa shape index (κ2) is 4.62. The van der Waals surface area contributed by atoms with Crippen molar-refractivity contribution in [2.75, 3.05) is 0 Å². The number of carboxylic acid groups (broad SMARTS) is 1. The minimum absolute atomic E-state index is 0.0119. The first-order valence-corrected chi connectivity index (χ1v) is 9.33. The van der Waals surface area contributed by atoms with E-state index in [4.69, 9.17) is 0 Å². The lowest BCUT2D eigenvalue weighted by Crippen LogP contribution is -2.62. The van der Waals surface area contributed by atoms with Gasteiger partial charge in [0.05, 0.1) is 11.5 Å². The van der Waals surface area contributed by atoms with Gasteiger partial charge < -0.3 is 10.2 Å². The largest absolute Gasteiger partial charge is 0.481 e. The zero-order chi connectivity index (χ0) is 16.6. The molecule has 0 heterocycles. The maximum absolute atomic E-state index is 12.1. The predicted molar refractivity (Wildman–Crippen MR) is 88.8 cm³/mol. The second-order valence-corrected chi connectivity index (χ2v) is 9.49. The zero-order valence-electron chi connectivity index (χ0n) is 14.5. The van der Waals surface area contributed by atoms with Crippen molar-refractivity contribution in [1.29, 1.82) is 0 Å². The molecule has 3 heteroatoms. The summed E-state index contributed by atoms with van der Waals surface area (Å²) in [4.78, 5) is 12.1. The van der Waals surface area contributed by atoms with E-state index in [1.54, 1.807) is 0 Å². The van der Waals surface area contributed by atoms with Gasteiger partial charge in [-0.05, 0) is 75.0 Å². The normalized spacial score (nSPS) is 55.2. The van der Waals surface area contributed by atoms with E-state index in [1.165, 1.54) is 12.0 Å². The van der Waals surface area contributed by atoms with Crippen molar-refractivity contribution < 1.29 is 15.0 Å². The van der Waals surface area contributed by atoms with Gasteiger partial charge in [-0.3, -0.25) is 4.79 Å². The van der Waals surface area contributed by atoms with Gasteiger partial charge in [-0.25, -0.2) is 0 Å². The Morgan fingerprint density at radius 2 is 1.96 bits per heavy atom. The summed E-state index contributed by atoms with van der Waals surface area (Å²) < 4.78 is 0. The number of aliphatic hydroxyl groups is 1. The van der Waals surface area contributed by atoms with Gasteiger partial charge in [-0.2, -0.15) is 0 Å². The lowest BCUT2D eigenvalue weighted by molar-refractivity contribution is -0.208. The number of allylic oxidation sites excluding steroid dienone is 1. The summed E-state index contributed by atoms with van der Waals surface area (Å²) in [6.07, 6.45) is 7.57. The van der Waals surface area contributed by atoms with Gasteiger partial charge in [0.2, 0.25) is 0 Å². The van der Waals surface area contributed by atoms with Crippen molar-refractivity contribution in [3.63, 3.8) is 0 Å². The molecule has 7 atom stereocenters. The molecule has 0 aromatic rings. The highest BCUT2D eigenvalue weighted by Gasteiger charge is 2.67. The van der Waals surface area contributed by atoms with Crippen molar-refractivity contribution >= 4 is 5.97 Å². The van der Waals surface area contributed by atoms with Gasteiger partial charge in [0.25, 0.3) is 0 Å². The van der Waals surface area contributed by atoms with Crippen LogP contribution in [0.25, 0.3) is 0 Å². The van der Waals surface area contributed by atoms with Gasteiger partial charge in [-0.1, -0.05) is 25.5 Å². The molecule has 3 nitrogen and oxygen atoms in total. The molecule has 2 bridgehead atoms. The average molecular weight is 318 g/mol. The first kappa shape index (κ1) is 15.7. The number of carboxylic acids is 1. The van der Waals surface area contributed by atoms with Crippen LogP contribution in [0.2, 0.25) is 0 Å². The van der Waals surface area contributed by atoms with E-state index >= 15 is 0 Å². The molecule has 23 heavy (non-hydrogen) atoms. The third-order valence-corrected chi connectivity index (χ3v) is 8.64. The van der Waals surface area contributed by atoms with Crippen LogP contribution in [0.15, 0.2) is 12.2 Å². The molecule has 1 spiro atoms. The molecule has 0 saturated heterocycles. The van der Waals surface area contributed by atoms with Gasteiger partial charge >= 0.3 is 5.97 Å².